The third kappa shape index (κ3) is 4.08. The maximum absolute atomic E-state index is 12.6. The van der Waals surface area contributed by atoms with Crippen molar-refractivity contribution in [2.75, 3.05) is 0 Å². The summed E-state index contributed by atoms with van der Waals surface area (Å²) in [6, 6.07) is 5.26. The van der Waals surface area contributed by atoms with Crippen LogP contribution < -0.4 is 10.1 Å². The molecule has 27 heavy (non-hydrogen) atoms. The van der Waals surface area contributed by atoms with Crippen LogP contribution >= 0.6 is 0 Å². The number of hydrogen-bond acceptors (Lipinski definition) is 5. The fourth-order valence-electron chi connectivity index (χ4n) is 2.36. The van der Waals surface area contributed by atoms with Crippen LogP contribution in [0.15, 0.2) is 47.5 Å². The molecule has 3 rings (SSSR count). The first-order valence-corrected chi connectivity index (χ1v) is 7.78. The van der Waals surface area contributed by atoms with E-state index in [2.05, 4.69) is 21.9 Å². The average Bonchev–Trinajstić information content (AvgIpc) is 3.02. The smallest absolute Gasteiger partial charge is 0.433 e. The van der Waals surface area contributed by atoms with Gasteiger partial charge in [0, 0.05) is 19.0 Å². The van der Waals surface area contributed by atoms with Crippen molar-refractivity contribution in [2.24, 2.45) is 0 Å². The summed E-state index contributed by atoms with van der Waals surface area (Å²) in [5.41, 5.74) is 0.478. The Balaban J connectivity index is 1.89. The highest BCUT2D eigenvalue weighted by Crippen LogP contribution is 2.34. The first kappa shape index (κ1) is 18.4. The van der Waals surface area contributed by atoms with Crippen LogP contribution in [0, 0.1) is 6.92 Å². The number of carbonyl (C=O) groups excluding carboxylic acids is 1. The third-order valence-electron chi connectivity index (χ3n) is 3.59. The lowest BCUT2D eigenvalue weighted by molar-refractivity contribution is -0.141. The molecule has 1 amide bonds. The number of aromatic nitrogens is 2. The molecule has 0 saturated heterocycles. The summed E-state index contributed by atoms with van der Waals surface area (Å²) in [4.78, 5) is 19.0. The number of alkyl halides is 3. The third-order valence-corrected chi connectivity index (χ3v) is 3.59. The number of amides is 1. The Morgan fingerprint density at radius 3 is 2.74 bits per heavy atom. The monoisotopic (exact) mass is 377 g/mol. The molecule has 0 radical (unpaired) electrons. The number of nitrogens with one attached hydrogen (secondary N) is 1. The zero-order valence-electron chi connectivity index (χ0n) is 14.1. The fourth-order valence-corrected chi connectivity index (χ4v) is 2.36. The molecule has 1 aromatic carbocycles. The number of pyridine rings is 1. The average molecular weight is 377 g/mol. The first-order valence-electron chi connectivity index (χ1n) is 7.78. The molecule has 9 heteroatoms. The van der Waals surface area contributed by atoms with Crippen LogP contribution in [0.4, 0.5) is 13.2 Å². The number of fused-ring (bicyclic) bond motifs is 1. The molecule has 140 valence electrons. The van der Waals surface area contributed by atoms with Crippen LogP contribution in [0.2, 0.25) is 0 Å². The first-order chi connectivity index (χ1) is 12.8. The molecule has 0 saturated carbocycles. The van der Waals surface area contributed by atoms with Gasteiger partial charge in [-0.3, -0.25) is 4.79 Å². The van der Waals surface area contributed by atoms with Crippen LogP contribution in [-0.2, 0) is 17.5 Å². The normalized spacial score (nSPS) is 11.4. The van der Waals surface area contributed by atoms with E-state index in [-0.39, 0.29) is 24.0 Å². The van der Waals surface area contributed by atoms with Gasteiger partial charge in [0.1, 0.15) is 17.0 Å². The molecule has 0 atom stereocenters. The van der Waals surface area contributed by atoms with Crippen molar-refractivity contribution < 1.29 is 27.1 Å². The number of hydrogen-bond donors (Lipinski definition) is 1. The summed E-state index contributed by atoms with van der Waals surface area (Å²) in [7, 11) is 0. The van der Waals surface area contributed by atoms with Gasteiger partial charge < -0.3 is 14.5 Å². The molecule has 3 aromatic rings. The van der Waals surface area contributed by atoms with Crippen LogP contribution in [0.25, 0.3) is 11.1 Å². The maximum atomic E-state index is 12.6. The predicted octanol–water partition coefficient (Wildman–Crippen LogP) is 4.14. The SMILES string of the molecule is C=CC(=O)NCc1ccc(Oc2ccc(C(F)(F)F)nc2)c2oc(C)nc12. The molecule has 2 heterocycles. The van der Waals surface area contributed by atoms with Crippen molar-refractivity contribution >= 4 is 17.0 Å². The second-order valence-electron chi connectivity index (χ2n) is 5.53. The van der Waals surface area contributed by atoms with E-state index in [4.69, 9.17) is 9.15 Å². The lowest BCUT2D eigenvalue weighted by atomic mass is 10.1. The van der Waals surface area contributed by atoms with Crippen molar-refractivity contribution in [3.63, 3.8) is 0 Å². The summed E-state index contributed by atoms with van der Waals surface area (Å²) in [5.74, 6) is 0.430. The Bertz CT molecular complexity index is 995. The Morgan fingerprint density at radius 2 is 2.11 bits per heavy atom. The Labute approximate surface area is 151 Å². The minimum atomic E-state index is -4.52. The van der Waals surface area contributed by atoms with Gasteiger partial charge in [0.05, 0.1) is 6.20 Å². The molecule has 2 aromatic heterocycles. The minimum absolute atomic E-state index is 0.117. The molecular formula is C18H14F3N3O3. The van der Waals surface area contributed by atoms with E-state index in [1.807, 2.05) is 0 Å². The van der Waals surface area contributed by atoms with Gasteiger partial charge in [-0.2, -0.15) is 13.2 Å². The minimum Gasteiger partial charge on any atom is -0.452 e. The lowest BCUT2D eigenvalue weighted by Gasteiger charge is -2.09. The second kappa shape index (κ2) is 7.10. The number of aryl methyl sites for hydroxylation is 1. The molecular weight excluding hydrogens is 363 g/mol. The van der Waals surface area contributed by atoms with Crippen LogP contribution in [-0.4, -0.2) is 15.9 Å². The number of nitrogens with zero attached hydrogens (tertiary/aromatic N) is 2. The summed E-state index contributed by atoms with van der Waals surface area (Å²) in [6.07, 6.45) is -2.39. The second-order valence-corrected chi connectivity index (χ2v) is 5.53. The number of halogens is 3. The van der Waals surface area contributed by atoms with Gasteiger partial charge in [0.25, 0.3) is 0 Å². The Kier molecular flexibility index (Phi) is 4.85. The summed E-state index contributed by atoms with van der Waals surface area (Å²) in [5, 5.41) is 2.64. The van der Waals surface area contributed by atoms with Gasteiger partial charge in [-0.05, 0) is 24.3 Å². The number of ether oxygens (including phenoxy) is 1. The van der Waals surface area contributed by atoms with Crippen molar-refractivity contribution in [3.05, 3.63) is 60.3 Å². The van der Waals surface area contributed by atoms with Gasteiger partial charge in [0.15, 0.2) is 17.2 Å². The quantitative estimate of drug-likeness (QED) is 0.676. The van der Waals surface area contributed by atoms with Crippen molar-refractivity contribution in [1.29, 1.82) is 0 Å². The Morgan fingerprint density at radius 1 is 1.33 bits per heavy atom. The molecule has 0 aliphatic carbocycles. The Hall–Kier alpha value is -3.36. The standard InChI is InChI=1S/C18H14F3N3O3/c1-3-15(25)23-8-11-4-6-13(17-16(11)24-10(2)26-17)27-12-5-7-14(22-9-12)18(19,20)21/h3-7,9H,1,8H2,2H3,(H,23,25). The number of carbonyl (C=O) groups is 1. The van der Waals surface area contributed by atoms with E-state index in [1.165, 1.54) is 6.07 Å². The summed E-state index contributed by atoms with van der Waals surface area (Å²) < 4.78 is 48.9. The lowest BCUT2D eigenvalue weighted by Crippen LogP contribution is -2.20. The van der Waals surface area contributed by atoms with Crippen LogP contribution in [0.5, 0.6) is 11.5 Å². The van der Waals surface area contributed by atoms with Gasteiger partial charge in [-0.25, -0.2) is 9.97 Å². The zero-order chi connectivity index (χ0) is 19.6. The molecule has 0 unspecified atom stereocenters. The van der Waals surface area contributed by atoms with Gasteiger partial charge in [0.2, 0.25) is 5.91 Å². The van der Waals surface area contributed by atoms with Gasteiger partial charge in [-0.15, -0.1) is 0 Å². The zero-order valence-corrected chi connectivity index (χ0v) is 14.1. The summed E-state index contributed by atoms with van der Waals surface area (Å²) >= 11 is 0. The van der Waals surface area contributed by atoms with E-state index < -0.39 is 11.9 Å². The number of oxazole rings is 1. The molecule has 6 nitrogen and oxygen atoms in total. The van der Waals surface area contributed by atoms with Crippen LogP contribution in [0.1, 0.15) is 17.1 Å². The van der Waals surface area contributed by atoms with Crippen molar-refractivity contribution in [2.45, 2.75) is 19.6 Å². The fraction of sp³-hybridized carbons (Fsp3) is 0.167. The molecule has 0 fully saturated rings. The van der Waals surface area contributed by atoms with E-state index in [1.54, 1.807) is 19.1 Å². The highest BCUT2D eigenvalue weighted by molar-refractivity contribution is 5.88. The predicted molar refractivity (Wildman–Crippen MR) is 90.1 cm³/mol. The number of benzene rings is 1. The topological polar surface area (TPSA) is 77.2 Å². The largest absolute Gasteiger partial charge is 0.452 e. The number of rotatable bonds is 5. The van der Waals surface area contributed by atoms with Crippen LogP contribution in [0.3, 0.4) is 0 Å². The van der Waals surface area contributed by atoms with E-state index in [0.29, 0.717) is 22.6 Å². The van der Waals surface area contributed by atoms with E-state index >= 15 is 0 Å². The van der Waals surface area contributed by atoms with E-state index in [9.17, 15) is 18.0 Å². The summed E-state index contributed by atoms with van der Waals surface area (Å²) in [6.45, 7) is 5.23. The van der Waals surface area contributed by atoms with E-state index in [0.717, 1.165) is 18.3 Å². The molecule has 0 spiro atoms. The molecule has 0 aliphatic rings. The van der Waals surface area contributed by atoms with Crippen molar-refractivity contribution in [3.8, 4) is 11.5 Å². The maximum Gasteiger partial charge on any atom is 0.433 e. The molecule has 0 aliphatic heterocycles. The van der Waals surface area contributed by atoms with Gasteiger partial charge in [-0.1, -0.05) is 12.6 Å². The highest BCUT2D eigenvalue weighted by atomic mass is 19.4. The molecule has 1 N–H and O–H groups in total. The van der Waals surface area contributed by atoms with Crippen molar-refractivity contribution in [1.82, 2.24) is 15.3 Å². The molecule has 0 bridgehead atoms. The highest BCUT2D eigenvalue weighted by Gasteiger charge is 2.32. The van der Waals surface area contributed by atoms with Gasteiger partial charge >= 0.3 is 6.18 Å².